The number of piperidine rings is 1. The fourth-order valence-corrected chi connectivity index (χ4v) is 2.95. The smallest absolute Gasteiger partial charge is 0.303 e. The zero-order valence-corrected chi connectivity index (χ0v) is 13.0. The van der Waals surface area contributed by atoms with Gasteiger partial charge in [0.25, 0.3) is 0 Å². The van der Waals surface area contributed by atoms with Gasteiger partial charge in [-0.05, 0) is 32.7 Å². The molecule has 0 radical (unpaired) electrons. The quantitative estimate of drug-likeness (QED) is 0.837. The van der Waals surface area contributed by atoms with Gasteiger partial charge in [-0.1, -0.05) is 6.42 Å². The van der Waals surface area contributed by atoms with Crippen LogP contribution in [0.25, 0.3) is 0 Å². The standard InChI is InChI=1S/C16H24N2O4/c1-12-5-2-3-7-17(12)10-13-9-14(19)15(20)11-18(13)8-4-6-16(21)22/h9,11-12,20H,2-8,10H2,1H3,(H,21,22). The number of aromatic nitrogens is 1. The summed E-state index contributed by atoms with van der Waals surface area (Å²) in [6.45, 7) is 4.33. The van der Waals surface area contributed by atoms with Gasteiger partial charge in [0.1, 0.15) is 0 Å². The molecule has 0 saturated carbocycles. The van der Waals surface area contributed by atoms with E-state index >= 15 is 0 Å². The molecule has 0 aliphatic carbocycles. The molecule has 2 heterocycles. The van der Waals surface area contributed by atoms with E-state index in [2.05, 4.69) is 11.8 Å². The highest BCUT2D eigenvalue weighted by atomic mass is 16.4. The molecule has 122 valence electrons. The molecule has 0 spiro atoms. The Morgan fingerprint density at radius 1 is 1.41 bits per heavy atom. The molecule has 1 aromatic rings. The summed E-state index contributed by atoms with van der Waals surface area (Å²) in [6, 6.07) is 1.95. The van der Waals surface area contributed by atoms with Crippen LogP contribution >= 0.6 is 0 Å². The van der Waals surface area contributed by atoms with E-state index in [1.807, 2.05) is 0 Å². The lowest BCUT2D eigenvalue weighted by Crippen LogP contribution is -2.37. The number of nitrogens with zero attached hydrogens (tertiary/aromatic N) is 2. The number of aliphatic carboxylic acids is 1. The van der Waals surface area contributed by atoms with Crippen LogP contribution in [0.1, 0.15) is 44.7 Å². The molecule has 2 N–H and O–H groups in total. The van der Waals surface area contributed by atoms with Crippen molar-refractivity contribution < 1.29 is 15.0 Å². The highest BCUT2D eigenvalue weighted by Gasteiger charge is 2.19. The van der Waals surface area contributed by atoms with Gasteiger partial charge in [0.15, 0.2) is 5.75 Å². The summed E-state index contributed by atoms with van der Waals surface area (Å²) in [5, 5.41) is 18.4. The Balaban J connectivity index is 2.14. The van der Waals surface area contributed by atoms with Crippen molar-refractivity contribution in [3.8, 4) is 5.75 Å². The summed E-state index contributed by atoms with van der Waals surface area (Å²) in [4.78, 5) is 24.7. The van der Waals surface area contributed by atoms with Crippen LogP contribution in [0.5, 0.6) is 5.75 Å². The first kappa shape index (κ1) is 16.5. The number of rotatable bonds is 6. The van der Waals surface area contributed by atoms with Gasteiger partial charge in [-0.3, -0.25) is 14.5 Å². The third-order valence-corrected chi connectivity index (χ3v) is 4.29. The zero-order chi connectivity index (χ0) is 16.1. The van der Waals surface area contributed by atoms with E-state index < -0.39 is 5.97 Å². The molecule has 2 rings (SSSR count). The monoisotopic (exact) mass is 308 g/mol. The fraction of sp³-hybridized carbons (Fsp3) is 0.625. The predicted molar refractivity (Wildman–Crippen MR) is 83.0 cm³/mol. The molecule has 1 aliphatic heterocycles. The van der Waals surface area contributed by atoms with E-state index in [0.29, 0.717) is 25.6 Å². The molecule has 6 nitrogen and oxygen atoms in total. The average molecular weight is 308 g/mol. The molecular weight excluding hydrogens is 284 g/mol. The van der Waals surface area contributed by atoms with Crippen LogP contribution in [-0.4, -0.2) is 38.2 Å². The molecule has 0 amide bonds. The Labute approximate surface area is 130 Å². The van der Waals surface area contributed by atoms with Crippen molar-refractivity contribution in [2.45, 2.75) is 58.2 Å². The van der Waals surface area contributed by atoms with Gasteiger partial charge >= 0.3 is 5.97 Å². The number of carboxylic acid groups (broad SMARTS) is 1. The zero-order valence-electron chi connectivity index (χ0n) is 13.0. The van der Waals surface area contributed by atoms with E-state index in [-0.39, 0.29) is 17.6 Å². The van der Waals surface area contributed by atoms with Crippen molar-refractivity contribution in [1.29, 1.82) is 0 Å². The van der Waals surface area contributed by atoms with Crippen LogP contribution < -0.4 is 5.43 Å². The molecule has 1 fully saturated rings. The molecular formula is C16H24N2O4. The molecule has 1 saturated heterocycles. The van der Waals surface area contributed by atoms with E-state index in [4.69, 9.17) is 5.11 Å². The van der Waals surface area contributed by atoms with Gasteiger partial charge in [0.2, 0.25) is 5.43 Å². The van der Waals surface area contributed by atoms with Gasteiger partial charge in [0.05, 0.1) is 6.20 Å². The van der Waals surface area contributed by atoms with Crippen molar-refractivity contribution in [3.63, 3.8) is 0 Å². The molecule has 0 bridgehead atoms. The SMILES string of the molecule is CC1CCCCN1Cc1cc(=O)c(O)cn1CCCC(=O)O. The molecule has 6 heteroatoms. The predicted octanol–water partition coefficient (Wildman–Crippen LogP) is 1.79. The molecule has 1 aromatic heterocycles. The lowest BCUT2D eigenvalue weighted by molar-refractivity contribution is -0.137. The van der Waals surface area contributed by atoms with Crippen molar-refractivity contribution >= 4 is 5.97 Å². The maximum absolute atomic E-state index is 11.7. The Kier molecular flexibility index (Phi) is 5.60. The Hall–Kier alpha value is -1.82. The Morgan fingerprint density at radius 2 is 2.18 bits per heavy atom. The molecule has 0 aromatic carbocycles. The number of aromatic hydroxyl groups is 1. The van der Waals surface area contributed by atoms with Crippen molar-refractivity contribution in [1.82, 2.24) is 9.47 Å². The van der Waals surface area contributed by atoms with Crippen LogP contribution in [0, 0.1) is 0 Å². The highest BCUT2D eigenvalue weighted by molar-refractivity contribution is 5.66. The molecule has 1 unspecified atom stereocenters. The van der Waals surface area contributed by atoms with Gasteiger partial charge in [0, 0.05) is 37.3 Å². The third-order valence-electron chi connectivity index (χ3n) is 4.29. The second kappa shape index (κ2) is 7.45. The van der Waals surface area contributed by atoms with E-state index in [0.717, 1.165) is 25.1 Å². The molecule has 1 atom stereocenters. The molecule has 22 heavy (non-hydrogen) atoms. The molecule has 1 aliphatic rings. The lowest BCUT2D eigenvalue weighted by Gasteiger charge is -2.34. The minimum atomic E-state index is -0.837. The summed E-state index contributed by atoms with van der Waals surface area (Å²) in [6.07, 6.45) is 5.52. The summed E-state index contributed by atoms with van der Waals surface area (Å²) >= 11 is 0. The van der Waals surface area contributed by atoms with Crippen LogP contribution in [0.4, 0.5) is 0 Å². The third kappa shape index (κ3) is 4.34. The summed E-state index contributed by atoms with van der Waals surface area (Å²) in [5.74, 6) is -1.12. The maximum atomic E-state index is 11.7. The minimum Gasteiger partial charge on any atom is -0.503 e. The van der Waals surface area contributed by atoms with Crippen molar-refractivity contribution in [2.75, 3.05) is 6.54 Å². The number of likely N-dealkylation sites (tertiary alicyclic amines) is 1. The first-order valence-electron chi connectivity index (χ1n) is 7.85. The first-order valence-corrected chi connectivity index (χ1v) is 7.85. The van der Waals surface area contributed by atoms with E-state index in [1.165, 1.54) is 18.7 Å². The van der Waals surface area contributed by atoms with E-state index in [1.54, 1.807) is 4.57 Å². The average Bonchev–Trinajstić information content (AvgIpc) is 2.46. The topological polar surface area (TPSA) is 82.8 Å². The summed E-state index contributed by atoms with van der Waals surface area (Å²) in [7, 11) is 0. The van der Waals surface area contributed by atoms with Crippen molar-refractivity contribution in [2.24, 2.45) is 0 Å². The van der Waals surface area contributed by atoms with Gasteiger partial charge in [-0.25, -0.2) is 0 Å². The van der Waals surface area contributed by atoms with Crippen LogP contribution in [0.15, 0.2) is 17.1 Å². The van der Waals surface area contributed by atoms with Crippen LogP contribution in [0.2, 0.25) is 0 Å². The summed E-state index contributed by atoms with van der Waals surface area (Å²) in [5.41, 5.74) is 0.455. The second-order valence-electron chi connectivity index (χ2n) is 6.02. The maximum Gasteiger partial charge on any atom is 0.303 e. The van der Waals surface area contributed by atoms with Crippen LogP contribution in [-0.2, 0) is 17.9 Å². The fourth-order valence-electron chi connectivity index (χ4n) is 2.95. The van der Waals surface area contributed by atoms with Gasteiger partial charge in [-0.2, -0.15) is 0 Å². The normalized spacial score (nSPS) is 19.2. The first-order chi connectivity index (χ1) is 10.5. The minimum absolute atomic E-state index is 0.0758. The number of carbonyl (C=O) groups is 1. The largest absolute Gasteiger partial charge is 0.503 e. The highest BCUT2D eigenvalue weighted by Crippen LogP contribution is 2.19. The van der Waals surface area contributed by atoms with E-state index in [9.17, 15) is 14.7 Å². The number of pyridine rings is 1. The Bertz CT molecular complexity index is 582. The summed E-state index contributed by atoms with van der Waals surface area (Å²) < 4.78 is 1.81. The Morgan fingerprint density at radius 3 is 2.86 bits per heavy atom. The van der Waals surface area contributed by atoms with Crippen LogP contribution in [0.3, 0.4) is 0 Å². The second-order valence-corrected chi connectivity index (χ2v) is 6.02. The number of hydrogen-bond acceptors (Lipinski definition) is 4. The van der Waals surface area contributed by atoms with Gasteiger partial charge in [-0.15, -0.1) is 0 Å². The number of carboxylic acids is 1. The number of hydrogen-bond donors (Lipinski definition) is 2. The number of aryl methyl sites for hydroxylation is 1. The van der Waals surface area contributed by atoms with Gasteiger partial charge < -0.3 is 14.8 Å². The lowest BCUT2D eigenvalue weighted by atomic mass is 10.0. The van der Waals surface area contributed by atoms with Crippen molar-refractivity contribution in [3.05, 3.63) is 28.2 Å².